The number of carbonyl (C=O) groups is 1. The van der Waals surface area contributed by atoms with E-state index in [0.29, 0.717) is 5.82 Å². The van der Waals surface area contributed by atoms with Gasteiger partial charge in [0, 0.05) is 23.7 Å². The number of aliphatic hydroxyl groups is 1. The highest BCUT2D eigenvalue weighted by molar-refractivity contribution is 6.01. The van der Waals surface area contributed by atoms with E-state index in [1.165, 1.54) is 7.11 Å². The highest BCUT2D eigenvalue weighted by Gasteiger charge is 2.27. The van der Waals surface area contributed by atoms with Gasteiger partial charge in [-0.1, -0.05) is 0 Å². The van der Waals surface area contributed by atoms with Crippen LogP contribution in [0, 0.1) is 0 Å². The number of amides is 1. The molecule has 1 fully saturated rings. The van der Waals surface area contributed by atoms with E-state index in [1.807, 2.05) is 12.3 Å². The average molecular weight is 343 g/mol. The fourth-order valence-electron chi connectivity index (χ4n) is 3.85. The number of ether oxygens (including phenoxy) is 1. The van der Waals surface area contributed by atoms with E-state index in [-0.39, 0.29) is 24.8 Å². The molecule has 0 saturated heterocycles. The zero-order chi connectivity index (χ0) is 17.4. The van der Waals surface area contributed by atoms with Gasteiger partial charge in [-0.05, 0) is 31.7 Å². The molecule has 8 heteroatoms. The molecular formula is C17H21N5O3. The number of carbonyl (C=O) groups excluding carboxylic acids is 1. The molecule has 3 aromatic rings. The van der Waals surface area contributed by atoms with Crippen LogP contribution < -0.4 is 5.32 Å². The first-order valence-corrected chi connectivity index (χ1v) is 8.49. The Hall–Kier alpha value is -2.61. The van der Waals surface area contributed by atoms with Gasteiger partial charge in [-0.25, -0.2) is 14.8 Å². The molecule has 3 heterocycles. The molecule has 0 aliphatic heterocycles. The molecular weight excluding hydrogens is 322 g/mol. The molecule has 1 aliphatic rings. The van der Waals surface area contributed by atoms with Crippen molar-refractivity contribution in [3.8, 4) is 0 Å². The van der Waals surface area contributed by atoms with Crippen LogP contribution in [0.3, 0.4) is 0 Å². The number of nitrogens with one attached hydrogen (secondary N) is 2. The topological polar surface area (TPSA) is 105 Å². The van der Waals surface area contributed by atoms with E-state index in [2.05, 4.69) is 29.6 Å². The first-order chi connectivity index (χ1) is 12.2. The summed E-state index contributed by atoms with van der Waals surface area (Å²) < 4.78 is 6.83. The van der Waals surface area contributed by atoms with Crippen LogP contribution in [0.15, 0.2) is 18.5 Å². The van der Waals surface area contributed by atoms with Crippen LogP contribution >= 0.6 is 0 Å². The number of rotatable bonds is 3. The number of alkyl carbamates (subject to hydrolysis) is 1. The average Bonchev–Trinajstić information content (AvgIpc) is 3.25. The second-order valence-corrected chi connectivity index (χ2v) is 6.43. The Morgan fingerprint density at radius 3 is 2.96 bits per heavy atom. The molecule has 3 N–H and O–H groups in total. The van der Waals surface area contributed by atoms with E-state index in [1.54, 1.807) is 6.20 Å². The molecule has 1 aliphatic carbocycles. The third-order valence-corrected chi connectivity index (χ3v) is 5.02. The maximum atomic E-state index is 11.4. The number of imidazole rings is 1. The Bertz CT molecular complexity index is 908. The lowest BCUT2D eigenvalue weighted by Crippen LogP contribution is -2.38. The van der Waals surface area contributed by atoms with Gasteiger partial charge >= 0.3 is 6.09 Å². The van der Waals surface area contributed by atoms with Crippen molar-refractivity contribution in [2.24, 2.45) is 0 Å². The number of aliphatic hydroxyl groups excluding tert-OH is 1. The second-order valence-electron chi connectivity index (χ2n) is 6.43. The summed E-state index contributed by atoms with van der Waals surface area (Å²) in [6.07, 6.45) is 6.77. The zero-order valence-electron chi connectivity index (χ0n) is 14.0. The number of H-pyrrole nitrogens is 1. The summed E-state index contributed by atoms with van der Waals surface area (Å²) in [7, 11) is 1.38. The molecule has 1 amide bonds. The summed E-state index contributed by atoms with van der Waals surface area (Å²) in [6, 6.07) is 2.36. The highest BCUT2D eigenvalue weighted by Crippen LogP contribution is 2.35. The maximum Gasteiger partial charge on any atom is 0.407 e. The van der Waals surface area contributed by atoms with Crippen molar-refractivity contribution in [1.29, 1.82) is 0 Å². The fraction of sp³-hybridized carbons (Fsp3) is 0.471. The Morgan fingerprint density at radius 1 is 1.44 bits per heavy atom. The van der Waals surface area contributed by atoms with Crippen LogP contribution in [0.5, 0.6) is 0 Å². The normalized spacial score (nSPS) is 20.9. The molecule has 8 nitrogen and oxygen atoms in total. The van der Waals surface area contributed by atoms with Gasteiger partial charge in [0.15, 0.2) is 0 Å². The Kier molecular flexibility index (Phi) is 4.04. The lowest BCUT2D eigenvalue weighted by molar-refractivity contribution is 0.160. The molecule has 4 rings (SSSR count). The van der Waals surface area contributed by atoms with Crippen LogP contribution in [0.2, 0.25) is 0 Å². The lowest BCUT2D eigenvalue weighted by atomic mass is 9.91. The first-order valence-electron chi connectivity index (χ1n) is 8.49. The van der Waals surface area contributed by atoms with Crippen molar-refractivity contribution in [3.05, 3.63) is 24.3 Å². The number of nitrogens with zero attached hydrogens (tertiary/aromatic N) is 3. The number of hydrogen-bond acceptors (Lipinski definition) is 5. The first kappa shape index (κ1) is 15.9. The lowest BCUT2D eigenvalue weighted by Gasteiger charge is -2.30. The molecule has 25 heavy (non-hydrogen) atoms. The van der Waals surface area contributed by atoms with E-state index in [0.717, 1.165) is 47.8 Å². The van der Waals surface area contributed by atoms with Gasteiger partial charge in [-0.3, -0.25) is 0 Å². The monoisotopic (exact) mass is 343 g/mol. The number of fused-ring (bicyclic) bond motifs is 3. The minimum atomic E-state index is -0.382. The predicted molar refractivity (Wildman–Crippen MR) is 92.1 cm³/mol. The number of aromatic nitrogens is 4. The van der Waals surface area contributed by atoms with Crippen molar-refractivity contribution in [1.82, 2.24) is 24.8 Å². The number of hydrogen-bond donors (Lipinski definition) is 3. The van der Waals surface area contributed by atoms with Crippen molar-refractivity contribution < 1.29 is 14.6 Å². The number of pyridine rings is 1. The van der Waals surface area contributed by atoms with Crippen molar-refractivity contribution >= 4 is 28.2 Å². The maximum absolute atomic E-state index is 11.4. The SMILES string of the molecule is COC(=O)NC1CCC(n2c(CO)nc3cnc4[nH]ccc4c32)CC1. The minimum Gasteiger partial charge on any atom is -0.453 e. The predicted octanol–water partition coefficient (Wildman–Crippen LogP) is 2.24. The van der Waals surface area contributed by atoms with Gasteiger partial charge in [0.1, 0.15) is 23.6 Å². The smallest absolute Gasteiger partial charge is 0.407 e. The third kappa shape index (κ3) is 2.72. The van der Waals surface area contributed by atoms with Crippen LogP contribution in [-0.2, 0) is 11.3 Å². The van der Waals surface area contributed by atoms with E-state index in [4.69, 9.17) is 0 Å². The van der Waals surface area contributed by atoms with Crippen LogP contribution in [0.25, 0.3) is 22.1 Å². The van der Waals surface area contributed by atoms with Gasteiger partial charge in [0.2, 0.25) is 0 Å². The van der Waals surface area contributed by atoms with E-state index in [9.17, 15) is 9.90 Å². The summed E-state index contributed by atoms with van der Waals surface area (Å²) in [5, 5.41) is 13.7. The molecule has 1 saturated carbocycles. The van der Waals surface area contributed by atoms with Crippen LogP contribution in [-0.4, -0.2) is 43.9 Å². The van der Waals surface area contributed by atoms with Gasteiger partial charge in [0.05, 0.1) is 18.8 Å². The Labute approximate surface area is 144 Å². The standard InChI is InChI=1S/C17H21N5O3/c1-25-17(24)20-10-2-4-11(5-3-10)22-14(9-23)21-13-8-19-16-12(15(13)22)6-7-18-16/h6-8,10-11,23H,2-5,9H2,1H3,(H,18,19)(H,20,24). The summed E-state index contributed by atoms with van der Waals surface area (Å²) in [5.74, 6) is 0.662. The molecule has 0 aromatic carbocycles. The van der Waals surface area contributed by atoms with Gasteiger partial charge in [0.25, 0.3) is 0 Å². The van der Waals surface area contributed by atoms with Gasteiger partial charge in [-0.15, -0.1) is 0 Å². The number of methoxy groups -OCH3 is 1. The van der Waals surface area contributed by atoms with Crippen LogP contribution in [0.4, 0.5) is 4.79 Å². The van der Waals surface area contributed by atoms with Gasteiger partial charge < -0.3 is 24.7 Å². The highest BCUT2D eigenvalue weighted by atomic mass is 16.5. The molecule has 132 valence electrons. The fourth-order valence-corrected chi connectivity index (χ4v) is 3.85. The molecule has 0 atom stereocenters. The summed E-state index contributed by atoms with van der Waals surface area (Å²) in [6.45, 7) is -0.110. The van der Waals surface area contributed by atoms with Crippen molar-refractivity contribution in [2.45, 2.75) is 44.4 Å². The Morgan fingerprint density at radius 2 is 2.24 bits per heavy atom. The molecule has 0 spiro atoms. The van der Waals surface area contributed by atoms with E-state index < -0.39 is 0 Å². The van der Waals surface area contributed by atoms with Crippen molar-refractivity contribution in [2.75, 3.05) is 7.11 Å². The second kappa shape index (κ2) is 6.36. The molecule has 0 bridgehead atoms. The quantitative estimate of drug-likeness (QED) is 0.676. The summed E-state index contributed by atoms with van der Waals surface area (Å²) >= 11 is 0. The summed E-state index contributed by atoms with van der Waals surface area (Å²) in [4.78, 5) is 23.5. The third-order valence-electron chi connectivity index (χ3n) is 5.02. The van der Waals surface area contributed by atoms with Gasteiger partial charge in [-0.2, -0.15) is 0 Å². The molecule has 0 radical (unpaired) electrons. The van der Waals surface area contributed by atoms with E-state index >= 15 is 0 Å². The Balaban J connectivity index is 1.67. The molecule has 0 unspecified atom stereocenters. The largest absolute Gasteiger partial charge is 0.453 e. The number of aromatic amines is 1. The van der Waals surface area contributed by atoms with Crippen LogP contribution in [0.1, 0.15) is 37.5 Å². The minimum absolute atomic E-state index is 0.110. The zero-order valence-corrected chi connectivity index (χ0v) is 14.0. The van der Waals surface area contributed by atoms with Crippen molar-refractivity contribution in [3.63, 3.8) is 0 Å². The summed E-state index contributed by atoms with van der Waals surface area (Å²) in [5.41, 5.74) is 2.63. The molecule has 3 aromatic heterocycles.